The van der Waals surface area contributed by atoms with Crippen LogP contribution in [-0.4, -0.2) is 22.2 Å². The third-order valence-electron chi connectivity index (χ3n) is 1.83. The van der Waals surface area contributed by atoms with Crippen molar-refractivity contribution in [3.05, 3.63) is 23.4 Å². The second-order valence-electron chi connectivity index (χ2n) is 3.59. The standard InChI is InChI=1S/C8H10F2N2.C2HF3O2/c1-5-3-4-6(8(2,9)10)12-7(5)11;3-2(4,5)1(6)7/h3-4H,1-2H3,(H2,11,12);(H,6,7). The van der Waals surface area contributed by atoms with E-state index in [0.29, 0.717) is 5.56 Å². The lowest BCUT2D eigenvalue weighted by Crippen LogP contribution is -2.21. The van der Waals surface area contributed by atoms with E-state index in [1.807, 2.05) is 0 Å². The van der Waals surface area contributed by atoms with Crippen molar-refractivity contribution >= 4 is 11.8 Å². The topological polar surface area (TPSA) is 76.2 Å². The number of hydrogen-bond acceptors (Lipinski definition) is 3. The Balaban J connectivity index is 0.000000399. The summed E-state index contributed by atoms with van der Waals surface area (Å²) >= 11 is 0. The summed E-state index contributed by atoms with van der Waals surface area (Å²) in [6, 6.07) is 2.82. The van der Waals surface area contributed by atoms with Crippen LogP contribution in [0.3, 0.4) is 0 Å². The molecule has 0 saturated carbocycles. The lowest BCUT2D eigenvalue weighted by Gasteiger charge is -2.10. The number of rotatable bonds is 1. The summed E-state index contributed by atoms with van der Waals surface area (Å²) in [6.07, 6.45) is -5.08. The van der Waals surface area contributed by atoms with Crippen molar-refractivity contribution in [2.24, 2.45) is 0 Å². The molecule has 1 heterocycles. The zero-order valence-corrected chi connectivity index (χ0v) is 9.92. The Morgan fingerprint density at radius 3 is 1.95 bits per heavy atom. The zero-order valence-electron chi connectivity index (χ0n) is 9.92. The Morgan fingerprint density at radius 2 is 1.68 bits per heavy atom. The molecule has 0 radical (unpaired) electrons. The van der Waals surface area contributed by atoms with E-state index < -0.39 is 18.1 Å². The fourth-order valence-electron chi connectivity index (χ4n) is 0.789. The van der Waals surface area contributed by atoms with Crippen molar-refractivity contribution in [1.82, 2.24) is 4.98 Å². The molecule has 0 aliphatic carbocycles. The minimum Gasteiger partial charge on any atom is -0.475 e. The Bertz CT molecular complexity index is 454. The van der Waals surface area contributed by atoms with Gasteiger partial charge in [-0.25, -0.2) is 9.78 Å². The molecule has 3 N–H and O–H groups in total. The molecule has 0 aliphatic heterocycles. The van der Waals surface area contributed by atoms with Gasteiger partial charge in [0, 0.05) is 6.92 Å². The first-order valence-corrected chi connectivity index (χ1v) is 4.77. The van der Waals surface area contributed by atoms with E-state index in [4.69, 9.17) is 15.6 Å². The maximum Gasteiger partial charge on any atom is 0.490 e. The highest BCUT2D eigenvalue weighted by atomic mass is 19.4. The lowest BCUT2D eigenvalue weighted by atomic mass is 10.2. The minimum atomic E-state index is -5.08. The monoisotopic (exact) mass is 286 g/mol. The summed E-state index contributed by atoms with van der Waals surface area (Å²) in [5.74, 6) is -5.51. The molecule has 0 fully saturated rings. The highest BCUT2D eigenvalue weighted by Crippen LogP contribution is 2.26. The summed E-state index contributed by atoms with van der Waals surface area (Å²) in [4.78, 5) is 12.5. The van der Waals surface area contributed by atoms with Crippen LogP contribution in [0.25, 0.3) is 0 Å². The predicted molar refractivity (Wildman–Crippen MR) is 56.6 cm³/mol. The maximum atomic E-state index is 12.6. The SMILES string of the molecule is Cc1ccc(C(C)(F)F)nc1N.O=C(O)C(F)(F)F. The molecule has 0 aromatic carbocycles. The fraction of sp³-hybridized carbons (Fsp3) is 0.400. The maximum absolute atomic E-state index is 12.6. The number of anilines is 1. The third kappa shape index (κ3) is 5.98. The van der Waals surface area contributed by atoms with Crippen LogP contribution < -0.4 is 5.73 Å². The number of nitrogens with two attached hydrogens (primary N) is 1. The zero-order chi connectivity index (χ0) is 15.4. The van der Waals surface area contributed by atoms with Crippen LogP contribution >= 0.6 is 0 Å². The summed E-state index contributed by atoms with van der Waals surface area (Å²) in [5.41, 5.74) is 5.80. The van der Waals surface area contributed by atoms with Crippen molar-refractivity contribution in [3.63, 3.8) is 0 Å². The van der Waals surface area contributed by atoms with E-state index in [0.717, 1.165) is 6.92 Å². The normalized spacial score (nSPS) is 11.5. The molecular weight excluding hydrogens is 275 g/mol. The van der Waals surface area contributed by atoms with Crippen molar-refractivity contribution in [2.75, 3.05) is 5.73 Å². The van der Waals surface area contributed by atoms with Crippen LogP contribution in [0.5, 0.6) is 0 Å². The van der Waals surface area contributed by atoms with Gasteiger partial charge in [-0.3, -0.25) is 0 Å². The summed E-state index contributed by atoms with van der Waals surface area (Å²) in [7, 11) is 0. The minimum absolute atomic E-state index is 0.161. The quantitative estimate of drug-likeness (QED) is 0.778. The number of halogens is 5. The van der Waals surface area contributed by atoms with Crippen LogP contribution in [0.2, 0.25) is 0 Å². The van der Waals surface area contributed by atoms with Crippen LogP contribution in [0.15, 0.2) is 12.1 Å². The van der Waals surface area contributed by atoms with Gasteiger partial charge >= 0.3 is 12.1 Å². The lowest BCUT2D eigenvalue weighted by molar-refractivity contribution is -0.192. The molecule has 1 rings (SSSR count). The smallest absolute Gasteiger partial charge is 0.475 e. The second-order valence-corrected chi connectivity index (χ2v) is 3.59. The highest BCUT2D eigenvalue weighted by molar-refractivity contribution is 5.73. The molecule has 0 bridgehead atoms. The number of nitrogens with zero attached hydrogens (tertiary/aromatic N) is 1. The molecule has 4 nitrogen and oxygen atoms in total. The number of carbonyl (C=O) groups is 1. The van der Waals surface area contributed by atoms with E-state index in [-0.39, 0.29) is 11.5 Å². The van der Waals surface area contributed by atoms with Gasteiger partial charge in [0.05, 0.1) is 0 Å². The molecule has 19 heavy (non-hydrogen) atoms. The van der Waals surface area contributed by atoms with Crippen molar-refractivity contribution < 1.29 is 31.9 Å². The van der Waals surface area contributed by atoms with Crippen LogP contribution in [0.1, 0.15) is 18.2 Å². The summed E-state index contributed by atoms with van der Waals surface area (Å²) < 4.78 is 57.0. The average molecular weight is 286 g/mol. The highest BCUT2D eigenvalue weighted by Gasteiger charge is 2.38. The molecule has 1 aromatic heterocycles. The first-order chi connectivity index (χ1) is 8.35. The Hall–Kier alpha value is -1.93. The molecule has 0 unspecified atom stereocenters. The molecule has 9 heteroatoms. The van der Waals surface area contributed by atoms with E-state index in [1.54, 1.807) is 6.92 Å². The predicted octanol–water partition coefficient (Wildman–Crippen LogP) is 2.72. The van der Waals surface area contributed by atoms with Gasteiger partial charge in [-0.1, -0.05) is 6.07 Å². The summed E-state index contributed by atoms with van der Waals surface area (Å²) in [6.45, 7) is 2.52. The number of aromatic nitrogens is 1. The average Bonchev–Trinajstić information content (AvgIpc) is 2.20. The molecule has 0 amide bonds. The van der Waals surface area contributed by atoms with Gasteiger partial charge < -0.3 is 10.8 Å². The number of nitrogen functional groups attached to an aromatic ring is 1. The summed E-state index contributed by atoms with van der Waals surface area (Å²) in [5, 5.41) is 7.12. The Morgan fingerprint density at radius 1 is 1.26 bits per heavy atom. The van der Waals surface area contributed by atoms with Gasteiger partial charge in [-0.2, -0.15) is 22.0 Å². The van der Waals surface area contributed by atoms with Gasteiger partial charge in [0.2, 0.25) is 0 Å². The van der Waals surface area contributed by atoms with Gasteiger partial charge in [0.15, 0.2) is 0 Å². The first kappa shape index (κ1) is 17.1. The second kappa shape index (κ2) is 5.81. The van der Waals surface area contributed by atoms with Crippen molar-refractivity contribution in [2.45, 2.75) is 25.9 Å². The number of carboxylic acid groups (broad SMARTS) is 1. The largest absolute Gasteiger partial charge is 0.490 e. The number of alkyl halides is 5. The Kier molecular flexibility index (Phi) is 5.22. The first-order valence-electron chi connectivity index (χ1n) is 4.77. The number of hydrogen-bond donors (Lipinski definition) is 2. The van der Waals surface area contributed by atoms with E-state index in [1.165, 1.54) is 12.1 Å². The van der Waals surface area contributed by atoms with Crippen molar-refractivity contribution in [1.29, 1.82) is 0 Å². The van der Waals surface area contributed by atoms with Crippen LogP contribution in [-0.2, 0) is 10.7 Å². The third-order valence-corrected chi connectivity index (χ3v) is 1.83. The van der Waals surface area contributed by atoms with E-state index >= 15 is 0 Å². The molecule has 0 atom stereocenters. The molecule has 108 valence electrons. The Labute approximate surface area is 105 Å². The molecular formula is C10H11F5N2O2. The van der Waals surface area contributed by atoms with E-state index in [9.17, 15) is 22.0 Å². The fourth-order valence-corrected chi connectivity index (χ4v) is 0.789. The number of pyridine rings is 1. The van der Waals surface area contributed by atoms with Gasteiger partial charge in [0.1, 0.15) is 11.5 Å². The molecule has 0 spiro atoms. The molecule has 0 saturated heterocycles. The van der Waals surface area contributed by atoms with Gasteiger partial charge in [-0.15, -0.1) is 0 Å². The molecule has 1 aromatic rings. The molecule has 0 aliphatic rings. The van der Waals surface area contributed by atoms with Crippen LogP contribution in [0, 0.1) is 6.92 Å². The number of carboxylic acids is 1. The van der Waals surface area contributed by atoms with E-state index in [2.05, 4.69) is 4.98 Å². The number of aliphatic carboxylic acids is 1. The van der Waals surface area contributed by atoms with Crippen molar-refractivity contribution in [3.8, 4) is 0 Å². The number of aryl methyl sites for hydroxylation is 1. The van der Waals surface area contributed by atoms with Gasteiger partial charge in [0.25, 0.3) is 5.92 Å². The van der Waals surface area contributed by atoms with Crippen LogP contribution in [0.4, 0.5) is 27.8 Å². The van der Waals surface area contributed by atoms with Gasteiger partial charge in [-0.05, 0) is 18.6 Å².